The number of aliphatic hydroxyl groups excluding tert-OH is 1. The van der Waals surface area contributed by atoms with Crippen LogP contribution in [-0.2, 0) is 10.0 Å². The van der Waals surface area contributed by atoms with E-state index in [0.29, 0.717) is 18.5 Å². The number of hydrogen-bond acceptors (Lipinski definition) is 6. The second-order valence-corrected chi connectivity index (χ2v) is 10.1. The molecule has 0 amide bonds. The molecule has 1 unspecified atom stereocenters. The lowest BCUT2D eigenvalue weighted by Gasteiger charge is -2.20. The van der Waals surface area contributed by atoms with Gasteiger partial charge in [-0.2, -0.15) is 0 Å². The van der Waals surface area contributed by atoms with Gasteiger partial charge < -0.3 is 10.0 Å². The number of rotatable bonds is 5. The van der Waals surface area contributed by atoms with Gasteiger partial charge in [0.2, 0.25) is 0 Å². The summed E-state index contributed by atoms with van der Waals surface area (Å²) in [5, 5.41) is 10.9. The van der Waals surface area contributed by atoms with Gasteiger partial charge in [-0.05, 0) is 60.5 Å². The molecule has 0 aliphatic carbocycles. The second-order valence-electron chi connectivity index (χ2n) is 8.07. The predicted molar refractivity (Wildman–Crippen MR) is 130 cm³/mol. The summed E-state index contributed by atoms with van der Waals surface area (Å²) in [4.78, 5) is 10.6. The summed E-state index contributed by atoms with van der Waals surface area (Å²) in [5.74, 6) is -0.533. The van der Waals surface area contributed by atoms with Gasteiger partial charge in [0.25, 0.3) is 10.0 Å². The van der Waals surface area contributed by atoms with Crippen molar-refractivity contribution in [3.05, 3.63) is 78.0 Å². The third kappa shape index (κ3) is 4.42. The maximum atomic E-state index is 13.2. The molecule has 0 radical (unpaired) electrons. The van der Waals surface area contributed by atoms with Crippen molar-refractivity contribution in [3.8, 4) is 11.1 Å². The Morgan fingerprint density at radius 1 is 1.06 bits per heavy atom. The fourth-order valence-electron chi connectivity index (χ4n) is 4.04. The maximum absolute atomic E-state index is 13.2. The zero-order valence-electron chi connectivity index (χ0n) is 17.8. The van der Waals surface area contributed by atoms with E-state index in [9.17, 15) is 17.9 Å². The van der Waals surface area contributed by atoms with Crippen molar-refractivity contribution in [2.75, 3.05) is 22.7 Å². The summed E-state index contributed by atoms with van der Waals surface area (Å²) >= 11 is 6.18. The highest BCUT2D eigenvalue weighted by molar-refractivity contribution is 7.92. The van der Waals surface area contributed by atoms with Crippen molar-refractivity contribution in [1.29, 1.82) is 0 Å². The number of aromatic nitrogens is 2. The van der Waals surface area contributed by atoms with Gasteiger partial charge in [-0.25, -0.2) is 17.8 Å². The van der Waals surface area contributed by atoms with Crippen molar-refractivity contribution in [1.82, 2.24) is 9.97 Å². The van der Waals surface area contributed by atoms with Gasteiger partial charge in [0.05, 0.1) is 22.2 Å². The number of sulfonamides is 1. The number of benzene rings is 2. The Morgan fingerprint density at radius 2 is 1.85 bits per heavy atom. The monoisotopic (exact) mass is 498 g/mol. The van der Waals surface area contributed by atoms with E-state index in [4.69, 9.17) is 11.6 Å². The van der Waals surface area contributed by atoms with Crippen molar-refractivity contribution in [3.63, 3.8) is 0 Å². The lowest BCUT2D eigenvalue weighted by molar-refractivity contribution is 0.198. The van der Waals surface area contributed by atoms with Gasteiger partial charge in [0.15, 0.2) is 5.15 Å². The van der Waals surface area contributed by atoms with Gasteiger partial charge in [0, 0.05) is 42.1 Å². The number of β-amino-alcohol motifs (C(OH)–C–C–N with tert-alkyl or cyclic N) is 1. The molecule has 34 heavy (non-hydrogen) atoms. The van der Waals surface area contributed by atoms with Crippen LogP contribution in [0, 0.1) is 5.82 Å². The smallest absolute Gasteiger partial charge is 0.261 e. The number of hydrogen-bond donors (Lipinski definition) is 2. The first-order chi connectivity index (χ1) is 16.3. The second kappa shape index (κ2) is 8.83. The van der Waals surface area contributed by atoms with E-state index in [1.54, 1.807) is 18.5 Å². The zero-order valence-corrected chi connectivity index (χ0v) is 19.4. The number of pyridine rings is 2. The SMILES string of the molecule is O=S(=O)(Nc1cc(-c2ccc3nccc(N4CCC(O)C4)c3c2)cnc1Cl)c1ccc(F)cc1. The topological polar surface area (TPSA) is 95.4 Å². The normalized spacial score (nSPS) is 16.2. The molecule has 5 rings (SSSR count). The summed E-state index contributed by atoms with van der Waals surface area (Å²) in [6.45, 7) is 1.31. The van der Waals surface area contributed by atoms with Gasteiger partial charge in [-0.1, -0.05) is 17.7 Å². The fourth-order valence-corrected chi connectivity index (χ4v) is 5.31. The summed E-state index contributed by atoms with van der Waals surface area (Å²) < 4.78 is 41.1. The summed E-state index contributed by atoms with van der Waals surface area (Å²) in [7, 11) is -3.99. The molecular formula is C24H20ClFN4O3S. The molecule has 4 aromatic rings. The van der Waals surface area contributed by atoms with Crippen molar-refractivity contribution in [2.45, 2.75) is 17.4 Å². The molecule has 0 bridgehead atoms. The number of aliphatic hydroxyl groups is 1. The lowest BCUT2D eigenvalue weighted by atomic mass is 10.0. The Morgan fingerprint density at radius 3 is 2.59 bits per heavy atom. The van der Waals surface area contributed by atoms with Crippen LogP contribution in [0.15, 0.2) is 71.9 Å². The van der Waals surface area contributed by atoms with E-state index in [1.165, 1.54) is 12.1 Å². The standard InChI is InChI=1S/C24H20ClFN4O3S/c25-24-22(29-34(32,33)19-4-2-17(26)3-5-19)12-16(13-28-24)15-1-6-21-20(11-15)23(7-9-27-21)30-10-8-18(31)14-30/h1-7,9,11-13,18,29,31H,8,10,14H2. The number of nitrogens with zero attached hydrogens (tertiary/aromatic N) is 3. The number of fused-ring (bicyclic) bond motifs is 1. The largest absolute Gasteiger partial charge is 0.391 e. The van der Waals surface area contributed by atoms with Crippen LogP contribution in [0.2, 0.25) is 5.15 Å². The first kappa shape index (κ1) is 22.5. The summed E-state index contributed by atoms with van der Waals surface area (Å²) in [5.41, 5.74) is 3.34. The highest BCUT2D eigenvalue weighted by Gasteiger charge is 2.22. The molecular weight excluding hydrogens is 479 g/mol. The van der Waals surface area contributed by atoms with Crippen LogP contribution in [0.4, 0.5) is 15.8 Å². The molecule has 0 spiro atoms. The van der Waals surface area contributed by atoms with Gasteiger partial charge in [-0.3, -0.25) is 9.71 Å². The molecule has 1 atom stereocenters. The van der Waals surface area contributed by atoms with Crippen molar-refractivity contribution < 1.29 is 17.9 Å². The molecule has 0 saturated carbocycles. The highest BCUT2D eigenvalue weighted by Crippen LogP contribution is 2.34. The molecule has 2 N–H and O–H groups in total. The first-order valence-corrected chi connectivity index (χ1v) is 12.4. The maximum Gasteiger partial charge on any atom is 0.261 e. The Bertz CT molecular complexity index is 1480. The first-order valence-electron chi connectivity index (χ1n) is 10.6. The van der Waals surface area contributed by atoms with Gasteiger partial charge in [0.1, 0.15) is 5.82 Å². The molecule has 1 aliphatic heterocycles. The third-order valence-electron chi connectivity index (χ3n) is 5.76. The lowest BCUT2D eigenvalue weighted by Crippen LogP contribution is -2.21. The minimum atomic E-state index is -3.99. The summed E-state index contributed by atoms with van der Waals surface area (Å²) in [6, 6.07) is 13.8. The molecule has 1 fully saturated rings. The van der Waals surface area contributed by atoms with Crippen LogP contribution in [-0.4, -0.2) is 42.7 Å². The highest BCUT2D eigenvalue weighted by atomic mass is 35.5. The Kier molecular flexibility index (Phi) is 5.85. The van der Waals surface area contributed by atoms with Crippen LogP contribution in [0.25, 0.3) is 22.0 Å². The quantitative estimate of drug-likeness (QED) is 0.394. The van der Waals surface area contributed by atoms with Crippen LogP contribution in [0.5, 0.6) is 0 Å². The number of anilines is 2. The van der Waals surface area contributed by atoms with E-state index in [2.05, 4.69) is 19.6 Å². The molecule has 7 nitrogen and oxygen atoms in total. The molecule has 10 heteroatoms. The molecule has 1 saturated heterocycles. The zero-order chi connectivity index (χ0) is 23.9. The van der Waals surface area contributed by atoms with E-state index in [0.717, 1.165) is 40.8 Å². The molecule has 2 aromatic heterocycles. The fraction of sp³-hybridized carbons (Fsp3) is 0.167. The van der Waals surface area contributed by atoms with E-state index < -0.39 is 15.8 Å². The van der Waals surface area contributed by atoms with E-state index >= 15 is 0 Å². The molecule has 174 valence electrons. The minimum Gasteiger partial charge on any atom is -0.391 e. The Labute approximate surface area is 200 Å². The summed E-state index contributed by atoms with van der Waals surface area (Å²) in [6.07, 6.45) is 3.66. The number of halogens is 2. The van der Waals surface area contributed by atoms with Gasteiger partial charge in [-0.15, -0.1) is 0 Å². The van der Waals surface area contributed by atoms with Crippen LogP contribution >= 0.6 is 11.6 Å². The Balaban J connectivity index is 1.51. The average molecular weight is 499 g/mol. The van der Waals surface area contributed by atoms with E-state index in [1.807, 2.05) is 24.3 Å². The van der Waals surface area contributed by atoms with Crippen LogP contribution < -0.4 is 9.62 Å². The third-order valence-corrected chi connectivity index (χ3v) is 7.45. The Hall–Kier alpha value is -3.27. The average Bonchev–Trinajstić information content (AvgIpc) is 3.26. The molecule has 2 aromatic carbocycles. The van der Waals surface area contributed by atoms with Gasteiger partial charge >= 0.3 is 0 Å². The minimum absolute atomic E-state index is 0.0105. The molecule has 1 aliphatic rings. The van der Waals surface area contributed by atoms with Crippen LogP contribution in [0.1, 0.15) is 6.42 Å². The predicted octanol–water partition coefficient (Wildman–Crippen LogP) is 4.46. The van der Waals surface area contributed by atoms with E-state index in [-0.39, 0.29) is 21.8 Å². The van der Waals surface area contributed by atoms with Crippen molar-refractivity contribution >= 4 is 43.9 Å². The molecule has 3 heterocycles. The number of nitrogens with one attached hydrogen (secondary N) is 1. The van der Waals surface area contributed by atoms with Crippen molar-refractivity contribution in [2.24, 2.45) is 0 Å². The van der Waals surface area contributed by atoms with Crippen LogP contribution in [0.3, 0.4) is 0 Å².